The van der Waals surface area contributed by atoms with Crippen molar-refractivity contribution in [3.05, 3.63) is 26.6 Å². The number of thiophene rings is 1. The number of rotatable bonds is 6. The van der Waals surface area contributed by atoms with Crippen LogP contribution in [0.15, 0.2) is 4.79 Å². The number of amides is 1. The lowest BCUT2D eigenvalue weighted by atomic mass is 10.0. The second kappa shape index (κ2) is 8.31. The lowest BCUT2D eigenvalue weighted by molar-refractivity contribution is -0.121. The monoisotopic (exact) mass is 376 g/mol. The molecule has 2 aromatic rings. The summed E-state index contributed by atoms with van der Waals surface area (Å²) in [6, 6.07) is 0. The first-order valence-electron chi connectivity index (χ1n) is 9.42. The average Bonchev–Trinajstić information content (AvgIpc) is 2.88. The topological polar surface area (TPSA) is 78.1 Å². The zero-order valence-corrected chi connectivity index (χ0v) is 16.7. The Morgan fingerprint density at radius 3 is 3.00 bits per heavy atom. The molecule has 0 aliphatic carbocycles. The molecule has 1 amide bonds. The lowest BCUT2D eigenvalue weighted by Crippen LogP contribution is -2.40. The van der Waals surface area contributed by atoms with Crippen molar-refractivity contribution in [1.29, 1.82) is 0 Å². The van der Waals surface area contributed by atoms with Gasteiger partial charge in [-0.25, -0.2) is 4.98 Å². The third kappa shape index (κ3) is 4.51. The van der Waals surface area contributed by atoms with Gasteiger partial charge in [0.15, 0.2) is 0 Å². The van der Waals surface area contributed by atoms with Gasteiger partial charge in [-0.15, -0.1) is 11.3 Å². The second-order valence-corrected chi connectivity index (χ2v) is 8.58. The Hall–Kier alpha value is -1.73. The minimum absolute atomic E-state index is 0.0105. The summed E-state index contributed by atoms with van der Waals surface area (Å²) in [4.78, 5) is 36.0. The fourth-order valence-corrected chi connectivity index (χ4v) is 4.63. The van der Waals surface area contributed by atoms with Crippen LogP contribution in [0, 0.1) is 19.8 Å². The maximum atomic E-state index is 12.3. The number of piperidine rings is 1. The van der Waals surface area contributed by atoms with E-state index in [1.165, 1.54) is 24.2 Å². The fraction of sp³-hybridized carbons (Fsp3) is 0.632. The molecule has 0 aromatic carbocycles. The number of aromatic amines is 1. The zero-order chi connectivity index (χ0) is 18.7. The first-order valence-corrected chi connectivity index (χ1v) is 10.2. The van der Waals surface area contributed by atoms with Gasteiger partial charge < -0.3 is 15.2 Å². The summed E-state index contributed by atoms with van der Waals surface area (Å²) in [6.45, 7) is 10.1. The summed E-state index contributed by atoms with van der Waals surface area (Å²) in [7, 11) is 0. The van der Waals surface area contributed by atoms with Crippen molar-refractivity contribution in [2.75, 3.05) is 26.2 Å². The molecular weight excluding hydrogens is 348 g/mol. The smallest absolute Gasteiger partial charge is 0.259 e. The van der Waals surface area contributed by atoms with E-state index in [4.69, 9.17) is 0 Å². The van der Waals surface area contributed by atoms with E-state index in [0.717, 1.165) is 40.8 Å². The van der Waals surface area contributed by atoms with Crippen LogP contribution in [0.5, 0.6) is 0 Å². The van der Waals surface area contributed by atoms with E-state index in [1.807, 2.05) is 13.8 Å². The van der Waals surface area contributed by atoms with Crippen LogP contribution < -0.4 is 10.9 Å². The minimum Gasteiger partial charge on any atom is -0.355 e. The number of fused-ring (bicyclic) bond motifs is 1. The summed E-state index contributed by atoms with van der Waals surface area (Å²) in [6.07, 6.45) is 3.35. The van der Waals surface area contributed by atoms with Crippen molar-refractivity contribution in [3.8, 4) is 0 Å². The van der Waals surface area contributed by atoms with Gasteiger partial charge in [-0.2, -0.15) is 0 Å². The van der Waals surface area contributed by atoms with E-state index < -0.39 is 0 Å². The lowest BCUT2D eigenvalue weighted by Gasteiger charge is -2.30. The largest absolute Gasteiger partial charge is 0.355 e. The molecule has 26 heavy (non-hydrogen) atoms. The molecule has 1 aliphatic rings. The van der Waals surface area contributed by atoms with Crippen LogP contribution in [0.1, 0.15) is 42.5 Å². The molecule has 0 spiro atoms. The number of hydrogen-bond acceptors (Lipinski definition) is 5. The Labute approximate surface area is 158 Å². The highest BCUT2D eigenvalue weighted by Crippen LogP contribution is 2.25. The number of carbonyl (C=O) groups excluding carboxylic acids is 1. The number of hydrogen-bond donors (Lipinski definition) is 2. The fourth-order valence-electron chi connectivity index (χ4n) is 3.58. The zero-order valence-electron chi connectivity index (χ0n) is 15.9. The third-order valence-corrected chi connectivity index (χ3v) is 6.27. The van der Waals surface area contributed by atoms with Crippen molar-refractivity contribution >= 4 is 27.5 Å². The van der Waals surface area contributed by atoms with Gasteiger partial charge in [-0.1, -0.05) is 6.92 Å². The molecule has 1 fully saturated rings. The molecule has 2 N–H and O–H groups in total. The third-order valence-electron chi connectivity index (χ3n) is 5.17. The van der Waals surface area contributed by atoms with E-state index in [9.17, 15) is 9.59 Å². The highest BCUT2D eigenvalue weighted by Gasteiger charge is 2.16. The van der Waals surface area contributed by atoms with Crippen LogP contribution in [0.4, 0.5) is 0 Å². The number of nitrogens with one attached hydrogen (secondary N) is 2. The van der Waals surface area contributed by atoms with Crippen LogP contribution in [-0.2, 0) is 11.2 Å². The van der Waals surface area contributed by atoms with Crippen molar-refractivity contribution < 1.29 is 4.79 Å². The van der Waals surface area contributed by atoms with Crippen LogP contribution in [0.2, 0.25) is 0 Å². The van der Waals surface area contributed by atoms with Crippen LogP contribution in [0.3, 0.4) is 0 Å². The molecule has 1 atom stereocenters. The number of aromatic nitrogens is 2. The highest BCUT2D eigenvalue weighted by molar-refractivity contribution is 7.18. The molecule has 2 aromatic heterocycles. The number of aryl methyl sites for hydroxylation is 3. The summed E-state index contributed by atoms with van der Waals surface area (Å²) >= 11 is 1.53. The Bertz CT molecular complexity index is 842. The van der Waals surface area contributed by atoms with Gasteiger partial charge in [-0.05, 0) is 44.7 Å². The van der Waals surface area contributed by atoms with Gasteiger partial charge in [0.05, 0.1) is 5.39 Å². The first-order chi connectivity index (χ1) is 12.4. The Morgan fingerprint density at radius 1 is 1.42 bits per heavy atom. The van der Waals surface area contributed by atoms with Gasteiger partial charge in [0.2, 0.25) is 5.91 Å². The minimum atomic E-state index is -0.105. The Balaban J connectivity index is 1.48. The van der Waals surface area contributed by atoms with Gasteiger partial charge in [0, 0.05) is 37.4 Å². The number of likely N-dealkylation sites (tertiary alicyclic amines) is 1. The standard InChI is InChI=1S/C19H28N4O2S/c1-12-5-4-9-23(11-12)10-8-20-16(24)7-6-15-21-18(25)17-13(2)14(3)26-19(17)22-15/h12H,4-11H2,1-3H3,(H,20,24)(H,21,22,25)/t12-/m0/s1. The molecule has 0 saturated carbocycles. The van der Waals surface area contributed by atoms with Gasteiger partial charge in [-0.3, -0.25) is 9.59 Å². The van der Waals surface area contributed by atoms with E-state index in [2.05, 4.69) is 27.1 Å². The molecule has 1 saturated heterocycles. The number of H-pyrrole nitrogens is 1. The first kappa shape index (κ1) is 19.0. The summed E-state index contributed by atoms with van der Waals surface area (Å²) < 4.78 is 0. The van der Waals surface area contributed by atoms with Crippen molar-refractivity contribution in [1.82, 2.24) is 20.2 Å². The number of carbonyl (C=O) groups is 1. The molecule has 1 aliphatic heterocycles. The SMILES string of the molecule is Cc1sc2nc(CCC(=O)NCCN3CCC[C@H](C)C3)[nH]c(=O)c2c1C. The van der Waals surface area contributed by atoms with Crippen molar-refractivity contribution in [2.45, 2.75) is 46.5 Å². The molecular formula is C19H28N4O2S. The maximum absolute atomic E-state index is 12.3. The summed E-state index contributed by atoms with van der Waals surface area (Å²) in [5, 5.41) is 3.66. The molecule has 7 heteroatoms. The predicted octanol–water partition coefficient (Wildman–Crippen LogP) is 2.38. The van der Waals surface area contributed by atoms with Gasteiger partial charge >= 0.3 is 0 Å². The van der Waals surface area contributed by atoms with Gasteiger partial charge in [0.1, 0.15) is 10.7 Å². The van der Waals surface area contributed by atoms with Crippen LogP contribution >= 0.6 is 11.3 Å². The van der Waals surface area contributed by atoms with Crippen LogP contribution in [-0.4, -0.2) is 47.0 Å². The van der Waals surface area contributed by atoms with E-state index >= 15 is 0 Å². The van der Waals surface area contributed by atoms with E-state index in [0.29, 0.717) is 30.6 Å². The molecule has 142 valence electrons. The molecule has 0 unspecified atom stereocenters. The Morgan fingerprint density at radius 2 is 2.23 bits per heavy atom. The average molecular weight is 377 g/mol. The summed E-state index contributed by atoms with van der Waals surface area (Å²) in [5.41, 5.74) is 0.890. The normalized spacial score (nSPS) is 18.3. The van der Waals surface area contributed by atoms with Crippen LogP contribution in [0.25, 0.3) is 10.2 Å². The summed E-state index contributed by atoms with van der Waals surface area (Å²) in [5.74, 6) is 1.35. The molecule has 3 heterocycles. The van der Waals surface area contributed by atoms with Crippen molar-refractivity contribution in [3.63, 3.8) is 0 Å². The molecule has 0 bridgehead atoms. The number of nitrogens with zero attached hydrogens (tertiary/aromatic N) is 2. The quantitative estimate of drug-likeness (QED) is 0.811. The molecule has 3 rings (SSSR count). The molecule has 0 radical (unpaired) electrons. The van der Waals surface area contributed by atoms with Gasteiger partial charge in [0.25, 0.3) is 5.56 Å². The van der Waals surface area contributed by atoms with E-state index in [1.54, 1.807) is 0 Å². The van der Waals surface area contributed by atoms with Crippen molar-refractivity contribution in [2.24, 2.45) is 5.92 Å². The molecule has 6 nitrogen and oxygen atoms in total. The predicted molar refractivity (Wildman–Crippen MR) is 106 cm³/mol. The van der Waals surface area contributed by atoms with E-state index in [-0.39, 0.29) is 11.5 Å². The maximum Gasteiger partial charge on any atom is 0.259 e. The highest BCUT2D eigenvalue weighted by atomic mass is 32.1. The second-order valence-electron chi connectivity index (χ2n) is 7.37. The Kier molecular flexibility index (Phi) is 6.09.